The van der Waals surface area contributed by atoms with Gasteiger partial charge in [0.2, 0.25) is 0 Å². The summed E-state index contributed by atoms with van der Waals surface area (Å²) < 4.78 is 17.2. The zero-order chi connectivity index (χ0) is 26.9. The Hall–Kier alpha value is -3.62. The highest BCUT2D eigenvalue weighted by molar-refractivity contribution is 8.26. The number of methoxy groups -OCH3 is 1. The minimum Gasteiger partial charge on any atom is -0.493 e. The van der Waals surface area contributed by atoms with Crippen LogP contribution in [0.1, 0.15) is 36.1 Å². The van der Waals surface area contributed by atoms with Gasteiger partial charge in [-0.25, -0.2) is 4.79 Å². The number of thiocarbonyl (C=S) groups is 1. The third-order valence-electron chi connectivity index (χ3n) is 5.85. The second-order valence-electron chi connectivity index (χ2n) is 8.53. The Kier molecular flexibility index (Phi) is 9.56. The van der Waals surface area contributed by atoms with Gasteiger partial charge in [0.1, 0.15) is 4.32 Å². The SMILES string of the molecule is CCCOC(=O)C(c1ccccc1)N1C(=O)/C(=C/c2ccc(OCCc3ccccc3)c(OC)c2)SC1=S. The van der Waals surface area contributed by atoms with Crippen molar-refractivity contribution in [2.24, 2.45) is 0 Å². The first-order chi connectivity index (χ1) is 18.5. The summed E-state index contributed by atoms with van der Waals surface area (Å²) in [5.41, 5.74) is 2.59. The number of carbonyl (C=O) groups excluding carboxylic acids is 2. The monoisotopic (exact) mass is 547 g/mol. The van der Waals surface area contributed by atoms with Crippen molar-refractivity contribution in [3.8, 4) is 11.5 Å². The molecule has 1 saturated heterocycles. The molecule has 0 radical (unpaired) electrons. The lowest BCUT2D eigenvalue weighted by atomic mass is 10.1. The predicted molar refractivity (Wildman–Crippen MR) is 154 cm³/mol. The highest BCUT2D eigenvalue weighted by atomic mass is 32.2. The van der Waals surface area contributed by atoms with Crippen molar-refractivity contribution in [2.45, 2.75) is 25.8 Å². The zero-order valence-electron chi connectivity index (χ0n) is 21.3. The molecule has 0 N–H and O–H groups in total. The van der Waals surface area contributed by atoms with E-state index in [0.717, 1.165) is 23.7 Å². The number of esters is 1. The molecule has 0 bridgehead atoms. The van der Waals surface area contributed by atoms with Gasteiger partial charge in [0, 0.05) is 6.42 Å². The van der Waals surface area contributed by atoms with E-state index in [0.29, 0.717) is 39.3 Å². The summed E-state index contributed by atoms with van der Waals surface area (Å²) in [6.07, 6.45) is 3.20. The standard InChI is InChI=1S/C30H29NO5S2/c1-3-17-36-29(33)27(23-12-8-5-9-13-23)31-28(32)26(38-30(31)37)20-22-14-15-24(25(19-22)34-2)35-18-16-21-10-6-4-7-11-21/h4-15,19-20,27H,3,16-18H2,1-2H3/b26-20-. The van der Waals surface area contributed by atoms with Gasteiger partial charge in [0.25, 0.3) is 5.91 Å². The number of ether oxygens (including phenoxy) is 3. The molecule has 0 aliphatic carbocycles. The van der Waals surface area contributed by atoms with E-state index in [2.05, 4.69) is 12.1 Å². The number of rotatable bonds is 11. The molecule has 1 fully saturated rings. The molecule has 1 aliphatic rings. The van der Waals surface area contributed by atoms with Crippen molar-refractivity contribution < 1.29 is 23.8 Å². The van der Waals surface area contributed by atoms with E-state index in [9.17, 15) is 9.59 Å². The van der Waals surface area contributed by atoms with Crippen LogP contribution >= 0.6 is 24.0 Å². The van der Waals surface area contributed by atoms with Gasteiger partial charge in [-0.1, -0.05) is 97.6 Å². The molecule has 1 heterocycles. The van der Waals surface area contributed by atoms with Crippen LogP contribution in [0.5, 0.6) is 11.5 Å². The molecule has 1 amide bonds. The van der Waals surface area contributed by atoms with E-state index in [1.165, 1.54) is 10.5 Å². The number of thioether (sulfide) groups is 1. The van der Waals surface area contributed by atoms with Crippen LogP contribution in [0, 0.1) is 0 Å². The Balaban J connectivity index is 1.52. The van der Waals surface area contributed by atoms with Gasteiger partial charge in [0.15, 0.2) is 17.5 Å². The predicted octanol–water partition coefficient (Wildman–Crippen LogP) is 6.21. The van der Waals surface area contributed by atoms with E-state index in [1.54, 1.807) is 25.3 Å². The van der Waals surface area contributed by atoms with Gasteiger partial charge in [-0.15, -0.1) is 0 Å². The van der Waals surface area contributed by atoms with Gasteiger partial charge >= 0.3 is 5.97 Å². The van der Waals surface area contributed by atoms with Crippen molar-refractivity contribution >= 4 is 46.3 Å². The van der Waals surface area contributed by atoms with Crippen LogP contribution in [-0.2, 0) is 20.7 Å². The van der Waals surface area contributed by atoms with E-state index in [4.69, 9.17) is 26.4 Å². The van der Waals surface area contributed by atoms with Gasteiger partial charge in [-0.05, 0) is 41.3 Å². The highest BCUT2D eigenvalue weighted by Gasteiger charge is 2.42. The normalized spacial score (nSPS) is 15.0. The fourth-order valence-electron chi connectivity index (χ4n) is 3.98. The third-order valence-corrected chi connectivity index (χ3v) is 7.18. The Bertz CT molecular complexity index is 1310. The smallest absolute Gasteiger partial charge is 0.333 e. The maximum atomic E-state index is 13.5. The van der Waals surface area contributed by atoms with Gasteiger partial charge in [-0.3, -0.25) is 9.69 Å². The maximum Gasteiger partial charge on any atom is 0.333 e. The first-order valence-electron chi connectivity index (χ1n) is 12.3. The van der Waals surface area contributed by atoms with E-state index in [1.807, 2.05) is 61.5 Å². The molecule has 1 atom stereocenters. The number of carbonyl (C=O) groups is 2. The average Bonchev–Trinajstić information content (AvgIpc) is 3.21. The van der Waals surface area contributed by atoms with Crippen molar-refractivity contribution in [1.82, 2.24) is 4.90 Å². The van der Waals surface area contributed by atoms with Crippen molar-refractivity contribution in [2.75, 3.05) is 20.3 Å². The lowest BCUT2D eigenvalue weighted by Crippen LogP contribution is -2.38. The summed E-state index contributed by atoms with van der Waals surface area (Å²) >= 11 is 6.71. The highest BCUT2D eigenvalue weighted by Crippen LogP contribution is 2.39. The summed E-state index contributed by atoms with van der Waals surface area (Å²) in [5, 5.41) is 0. The first kappa shape index (κ1) is 27.4. The van der Waals surface area contributed by atoms with Crippen molar-refractivity contribution in [1.29, 1.82) is 0 Å². The quantitative estimate of drug-likeness (QED) is 0.161. The fourth-order valence-corrected chi connectivity index (χ4v) is 5.29. The lowest BCUT2D eigenvalue weighted by Gasteiger charge is -2.25. The molecular formula is C30H29NO5S2. The lowest BCUT2D eigenvalue weighted by molar-refractivity contribution is -0.151. The number of nitrogens with zero attached hydrogens (tertiary/aromatic N) is 1. The topological polar surface area (TPSA) is 65.1 Å². The van der Waals surface area contributed by atoms with Gasteiger partial charge < -0.3 is 14.2 Å². The van der Waals surface area contributed by atoms with Crippen LogP contribution in [-0.4, -0.2) is 41.4 Å². The second-order valence-corrected chi connectivity index (χ2v) is 10.2. The van der Waals surface area contributed by atoms with E-state index in [-0.39, 0.29) is 12.5 Å². The second kappa shape index (κ2) is 13.3. The van der Waals surface area contributed by atoms with Gasteiger partial charge in [-0.2, -0.15) is 0 Å². The molecule has 1 unspecified atom stereocenters. The zero-order valence-corrected chi connectivity index (χ0v) is 22.9. The maximum absolute atomic E-state index is 13.5. The van der Waals surface area contributed by atoms with E-state index < -0.39 is 12.0 Å². The first-order valence-corrected chi connectivity index (χ1v) is 13.6. The average molecular weight is 548 g/mol. The Labute approximate surface area is 232 Å². The molecule has 3 aromatic carbocycles. The number of benzene rings is 3. The fraction of sp³-hybridized carbons (Fsp3) is 0.233. The van der Waals surface area contributed by atoms with Crippen molar-refractivity contribution in [3.05, 3.63) is 100 Å². The summed E-state index contributed by atoms with van der Waals surface area (Å²) in [5.74, 6) is 0.335. The summed E-state index contributed by atoms with van der Waals surface area (Å²) in [6, 6.07) is 23.7. The summed E-state index contributed by atoms with van der Waals surface area (Å²) in [6.45, 7) is 2.70. The minimum absolute atomic E-state index is 0.270. The minimum atomic E-state index is -0.948. The molecular weight excluding hydrogens is 518 g/mol. The molecule has 0 saturated carbocycles. The molecule has 196 valence electrons. The molecule has 4 rings (SSSR count). The number of amides is 1. The van der Waals surface area contributed by atoms with Crippen LogP contribution in [0.3, 0.4) is 0 Å². The third kappa shape index (κ3) is 6.62. The molecule has 3 aromatic rings. The number of hydrogen-bond acceptors (Lipinski definition) is 7. The van der Waals surface area contributed by atoms with Crippen molar-refractivity contribution in [3.63, 3.8) is 0 Å². The molecule has 6 nitrogen and oxygen atoms in total. The Morgan fingerprint density at radius 1 is 1.00 bits per heavy atom. The molecule has 1 aliphatic heterocycles. The van der Waals surface area contributed by atoms with Crippen LogP contribution in [0.2, 0.25) is 0 Å². The Morgan fingerprint density at radius 3 is 2.39 bits per heavy atom. The van der Waals surface area contributed by atoms with Crippen LogP contribution < -0.4 is 9.47 Å². The van der Waals surface area contributed by atoms with Crippen LogP contribution in [0.4, 0.5) is 0 Å². The summed E-state index contributed by atoms with van der Waals surface area (Å²) in [4.78, 5) is 28.3. The molecule has 0 spiro atoms. The number of hydrogen-bond donors (Lipinski definition) is 0. The van der Waals surface area contributed by atoms with Crippen LogP contribution in [0.15, 0.2) is 83.8 Å². The van der Waals surface area contributed by atoms with Gasteiger partial charge in [0.05, 0.1) is 25.2 Å². The Morgan fingerprint density at radius 2 is 1.71 bits per heavy atom. The molecule has 8 heteroatoms. The molecule has 0 aromatic heterocycles. The largest absolute Gasteiger partial charge is 0.493 e. The van der Waals surface area contributed by atoms with E-state index >= 15 is 0 Å². The summed E-state index contributed by atoms with van der Waals surface area (Å²) in [7, 11) is 1.58. The van der Waals surface area contributed by atoms with Crippen LogP contribution in [0.25, 0.3) is 6.08 Å². The molecule has 38 heavy (non-hydrogen) atoms.